The van der Waals surface area contributed by atoms with Crippen LogP contribution in [0.3, 0.4) is 0 Å². The number of fused-ring (bicyclic) bond motifs is 1. The van der Waals surface area contributed by atoms with E-state index in [0.717, 1.165) is 16.6 Å². The van der Waals surface area contributed by atoms with Crippen molar-refractivity contribution in [2.45, 2.75) is 19.9 Å². The lowest BCUT2D eigenvalue weighted by Gasteiger charge is -2.07. The van der Waals surface area contributed by atoms with Gasteiger partial charge in [0.25, 0.3) is 0 Å². The number of nitrogens with two attached hydrogens (primary N) is 1. The van der Waals surface area contributed by atoms with Gasteiger partial charge in [0, 0.05) is 16.1 Å². The first-order valence-electron chi connectivity index (χ1n) is 4.77. The summed E-state index contributed by atoms with van der Waals surface area (Å²) in [5.41, 5.74) is 7.54. The Morgan fingerprint density at radius 1 is 1.33 bits per heavy atom. The van der Waals surface area contributed by atoms with E-state index in [1.54, 1.807) is 0 Å². The van der Waals surface area contributed by atoms with Crippen LogP contribution in [-0.2, 0) is 0 Å². The lowest BCUT2D eigenvalue weighted by molar-refractivity contribution is 0.741. The molecule has 2 aromatic rings. The summed E-state index contributed by atoms with van der Waals surface area (Å²) in [7, 11) is 0. The average Bonchev–Trinajstić information content (AvgIpc) is 2.16. The van der Waals surface area contributed by atoms with Gasteiger partial charge in [0.15, 0.2) is 0 Å². The maximum Gasteiger partial charge on any atom is 0.145 e. The summed E-state index contributed by atoms with van der Waals surface area (Å²) in [5, 5.41) is 1.69. The Morgan fingerprint density at radius 2 is 2.07 bits per heavy atom. The van der Waals surface area contributed by atoms with Gasteiger partial charge in [-0.2, -0.15) is 0 Å². The molecule has 2 N–H and O–H groups in total. The lowest BCUT2D eigenvalue weighted by atomic mass is 10.2. The van der Waals surface area contributed by atoms with Gasteiger partial charge in [-0.1, -0.05) is 11.6 Å². The number of hydrogen-bond acceptors (Lipinski definition) is 3. The number of halogens is 1. The standard InChI is InChI=1S/C11H12ClN3/c1-6(13)11-14-7(2)9-4-3-8(12)5-10(9)15-11/h3-6H,13H2,1-2H3. The minimum absolute atomic E-state index is 0.160. The molecule has 0 radical (unpaired) electrons. The zero-order chi connectivity index (χ0) is 11.0. The molecule has 0 aliphatic rings. The van der Waals surface area contributed by atoms with Crippen molar-refractivity contribution in [3.05, 3.63) is 34.7 Å². The quantitative estimate of drug-likeness (QED) is 0.806. The van der Waals surface area contributed by atoms with E-state index in [2.05, 4.69) is 9.97 Å². The molecule has 2 rings (SSSR count). The third kappa shape index (κ3) is 1.94. The Bertz CT molecular complexity index is 508. The van der Waals surface area contributed by atoms with E-state index in [4.69, 9.17) is 17.3 Å². The van der Waals surface area contributed by atoms with Crippen molar-refractivity contribution in [2.75, 3.05) is 0 Å². The smallest absolute Gasteiger partial charge is 0.145 e. The molecule has 0 saturated carbocycles. The second kappa shape index (κ2) is 3.76. The van der Waals surface area contributed by atoms with Crippen molar-refractivity contribution in [1.82, 2.24) is 9.97 Å². The molecule has 0 fully saturated rings. The number of aryl methyl sites for hydroxylation is 1. The van der Waals surface area contributed by atoms with E-state index in [1.807, 2.05) is 32.0 Å². The Hall–Kier alpha value is -1.19. The second-order valence-corrected chi connectivity index (χ2v) is 4.05. The summed E-state index contributed by atoms with van der Waals surface area (Å²) in [6.07, 6.45) is 0. The van der Waals surface area contributed by atoms with Crippen LogP contribution in [0.1, 0.15) is 24.5 Å². The molecular formula is C11H12ClN3. The molecule has 1 unspecified atom stereocenters. The molecule has 0 aliphatic carbocycles. The normalized spacial score (nSPS) is 13.1. The van der Waals surface area contributed by atoms with Crippen molar-refractivity contribution in [3.8, 4) is 0 Å². The Balaban J connectivity index is 2.74. The predicted molar refractivity (Wildman–Crippen MR) is 61.9 cm³/mol. The Labute approximate surface area is 93.3 Å². The molecule has 1 aromatic carbocycles. The molecule has 0 amide bonds. The van der Waals surface area contributed by atoms with E-state index in [-0.39, 0.29) is 6.04 Å². The summed E-state index contributed by atoms with van der Waals surface area (Å²) in [6.45, 7) is 3.81. The van der Waals surface area contributed by atoms with E-state index < -0.39 is 0 Å². The molecule has 3 nitrogen and oxygen atoms in total. The highest BCUT2D eigenvalue weighted by Crippen LogP contribution is 2.20. The van der Waals surface area contributed by atoms with Gasteiger partial charge in [-0.15, -0.1) is 0 Å². The van der Waals surface area contributed by atoms with Crippen LogP contribution in [0.4, 0.5) is 0 Å². The third-order valence-electron chi connectivity index (χ3n) is 2.27. The van der Waals surface area contributed by atoms with Crippen molar-refractivity contribution in [2.24, 2.45) is 5.73 Å². The number of nitrogens with zero attached hydrogens (tertiary/aromatic N) is 2. The third-order valence-corrected chi connectivity index (χ3v) is 2.51. The molecule has 0 aliphatic heterocycles. The maximum absolute atomic E-state index is 5.91. The largest absolute Gasteiger partial charge is 0.322 e. The topological polar surface area (TPSA) is 51.8 Å². The highest BCUT2D eigenvalue weighted by molar-refractivity contribution is 6.31. The average molecular weight is 222 g/mol. The van der Waals surface area contributed by atoms with Crippen LogP contribution >= 0.6 is 11.6 Å². The molecule has 0 spiro atoms. The summed E-state index contributed by atoms with van der Waals surface area (Å²) >= 11 is 5.91. The number of aromatic nitrogens is 2. The zero-order valence-electron chi connectivity index (χ0n) is 8.66. The molecular weight excluding hydrogens is 210 g/mol. The van der Waals surface area contributed by atoms with E-state index in [1.165, 1.54) is 0 Å². The fraction of sp³-hybridized carbons (Fsp3) is 0.273. The first-order valence-corrected chi connectivity index (χ1v) is 5.15. The molecule has 1 atom stereocenters. The van der Waals surface area contributed by atoms with Crippen LogP contribution in [0.15, 0.2) is 18.2 Å². The van der Waals surface area contributed by atoms with E-state index in [0.29, 0.717) is 10.8 Å². The molecule has 1 aromatic heterocycles. The summed E-state index contributed by atoms with van der Waals surface area (Å²) in [4.78, 5) is 8.73. The van der Waals surface area contributed by atoms with Gasteiger partial charge < -0.3 is 5.73 Å². The molecule has 0 bridgehead atoms. The number of rotatable bonds is 1. The molecule has 15 heavy (non-hydrogen) atoms. The highest BCUT2D eigenvalue weighted by atomic mass is 35.5. The molecule has 1 heterocycles. The predicted octanol–water partition coefficient (Wildman–Crippen LogP) is 2.61. The summed E-state index contributed by atoms with van der Waals surface area (Å²) < 4.78 is 0. The number of benzene rings is 1. The lowest BCUT2D eigenvalue weighted by Crippen LogP contribution is -2.10. The van der Waals surface area contributed by atoms with Crippen molar-refractivity contribution in [3.63, 3.8) is 0 Å². The van der Waals surface area contributed by atoms with Crippen LogP contribution in [0.5, 0.6) is 0 Å². The fourth-order valence-electron chi connectivity index (χ4n) is 1.49. The molecule has 0 saturated heterocycles. The van der Waals surface area contributed by atoms with Crippen LogP contribution in [0, 0.1) is 6.92 Å². The highest BCUT2D eigenvalue weighted by Gasteiger charge is 2.07. The van der Waals surface area contributed by atoms with Crippen LogP contribution < -0.4 is 5.73 Å². The van der Waals surface area contributed by atoms with Gasteiger partial charge in [0.2, 0.25) is 0 Å². The van der Waals surface area contributed by atoms with Gasteiger partial charge in [-0.05, 0) is 32.0 Å². The van der Waals surface area contributed by atoms with Crippen molar-refractivity contribution < 1.29 is 0 Å². The first-order chi connectivity index (χ1) is 7.08. The van der Waals surface area contributed by atoms with Gasteiger partial charge in [0.05, 0.1) is 11.6 Å². The minimum atomic E-state index is -0.160. The van der Waals surface area contributed by atoms with Gasteiger partial charge in [0.1, 0.15) is 5.82 Å². The number of hydrogen-bond donors (Lipinski definition) is 1. The van der Waals surface area contributed by atoms with Crippen LogP contribution in [0.25, 0.3) is 10.9 Å². The fourth-order valence-corrected chi connectivity index (χ4v) is 1.65. The van der Waals surface area contributed by atoms with Gasteiger partial charge in [-0.3, -0.25) is 0 Å². The summed E-state index contributed by atoms with van der Waals surface area (Å²) in [6, 6.07) is 5.44. The van der Waals surface area contributed by atoms with Crippen molar-refractivity contribution >= 4 is 22.5 Å². The minimum Gasteiger partial charge on any atom is -0.322 e. The molecule has 4 heteroatoms. The monoisotopic (exact) mass is 221 g/mol. The second-order valence-electron chi connectivity index (χ2n) is 3.62. The molecule has 78 valence electrons. The first kappa shape index (κ1) is 10.3. The van der Waals surface area contributed by atoms with Gasteiger partial charge >= 0.3 is 0 Å². The summed E-state index contributed by atoms with van der Waals surface area (Å²) in [5.74, 6) is 0.655. The SMILES string of the molecule is Cc1nc(C(C)N)nc2cc(Cl)ccc12. The van der Waals surface area contributed by atoms with E-state index in [9.17, 15) is 0 Å². The van der Waals surface area contributed by atoms with E-state index >= 15 is 0 Å². The van der Waals surface area contributed by atoms with Crippen molar-refractivity contribution in [1.29, 1.82) is 0 Å². The maximum atomic E-state index is 5.91. The van der Waals surface area contributed by atoms with Crippen LogP contribution in [0.2, 0.25) is 5.02 Å². The van der Waals surface area contributed by atoms with Crippen LogP contribution in [-0.4, -0.2) is 9.97 Å². The zero-order valence-corrected chi connectivity index (χ0v) is 9.42. The van der Waals surface area contributed by atoms with Gasteiger partial charge in [-0.25, -0.2) is 9.97 Å². The Kier molecular flexibility index (Phi) is 2.59. The Morgan fingerprint density at radius 3 is 2.73 bits per heavy atom.